The van der Waals surface area contributed by atoms with E-state index in [0.717, 1.165) is 17.2 Å². The van der Waals surface area contributed by atoms with Gasteiger partial charge in [0.25, 0.3) is 0 Å². The molecule has 0 saturated carbocycles. The monoisotopic (exact) mass is 344 g/mol. The molecule has 3 N–H and O–H groups in total. The summed E-state index contributed by atoms with van der Waals surface area (Å²) < 4.78 is 13.5. The van der Waals surface area contributed by atoms with Crippen molar-refractivity contribution in [3.63, 3.8) is 0 Å². The zero-order valence-electron chi connectivity index (χ0n) is 13.3. The first-order valence-electron chi connectivity index (χ1n) is 8.12. The second kappa shape index (κ2) is 5.96. The lowest BCUT2D eigenvalue weighted by molar-refractivity contribution is -0.149. The summed E-state index contributed by atoms with van der Waals surface area (Å²) in [6.07, 6.45) is 1.45. The number of aliphatic hydroxyl groups excluding tert-OH is 1. The molecule has 1 fully saturated rings. The second-order valence-corrected chi connectivity index (χ2v) is 6.37. The van der Waals surface area contributed by atoms with Crippen molar-refractivity contribution >= 4 is 33.7 Å². The predicted molar refractivity (Wildman–Crippen MR) is 89.9 cm³/mol. The van der Waals surface area contributed by atoms with Crippen molar-refractivity contribution < 1.29 is 19.4 Å². The van der Waals surface area contributed by atoms with E-state index in [9.17, 15) is 14.3 Å². The molecule has 8 heteroatoms. The number of halogens is 1. The maximum Gasteiger partial charge on any atom is 0.332 e. The van der Waals surface area contributed by atoms with E-state index in [1.54, 1.807) is 6.07 Å². The molecule has 3 aromatic rings. The molecule has 130 valence electrons. The van der Waals surface area contributed by atoms with Crippen molar-refractivity contribution in [2.75, 3.05) is 18.0 Å². The standard InChI is InChI=1S/C17H17FN4O3/c18-10-3-4-11-12(6-10)21-15-13(11)16(20-8-19-15)22-5-1-2-9(7-22)14(23)17(24)25/h3-4,6,8-9,14,23H,1-2,5,7H2,(H,24,25)(H,19,20,21). The molecule has 2 atom stereocenters. The number of aromatic nitrogens is 3. The van der Waals surface area contributed by atoms with Crippen molar-refractivity contribution in [1.82, 2.24) is 15.0 Å². The van der Waals surface area contributed by atoms with Crippen LogP contribution in [0.5, 0.6) is 0 Å². The SMILES string of the molecule is O=C(O)C(O)C1CCCN(c2ncnc3[nH]c4cc(F)ccc4c23)C1. The van der Waals surface area contributed by atoms with Crippen LogP contribution in [-0.2, 0) is 4.79 Å². The Morgan fingerprint density at radius 3 is 3.04 bits per heavy atom. The Hall–Kier alpha value is -2.74. The number of nitrogens with one attached hydrogen (secondary N) is 1. The highest BCUT2D eigenvalue weighted by Gasteiger charge is 2.31. The van der Waals surface area contributed by atoms with Crippen LogP contribution in [-0.4, -0.2) is 50.3 Å². The van der Waals surface area contributed by atoms with Crippen LogP contribution in [0.25, 0.3) is 21.9 Å². The molecule has 2 unspecified atom stereocenters. The van der Waals surface area contributed by atoms with Gasteiger partial charge in [0.2, 0.25) is 0 Å². The maximum absolute atomic E-state index is 13.5. The van der Waals surface area contributed by atoms with E-state index in [1.807, 2.05) is 4.90 Å². The number of carboxylic acids is 1. The van der Waals surface area contributed by atoms with Gasteiger partial charge in [0, 0.05) is 24.4 Å². The van der Waals surface area contributed by atoms with Gasteiger partial charge in [-0.25, -0.2) is 19.2 Å². The van der Waals surface area contributed by atoms with Gasteiger partial charge in [0.05, 0.1) is 10.9 Å². The average molecular weight is 344 g/mol. The number of aliphatic hydroxyl groups is 1. The molecule has 0 radical (unpaired) electrons. The number of aliphatic carboxylic acids is 1. The first-order chi connectivity index (χ1) is 12.0. The van der Waals surface area contributed by atoms with Crippen LogP contribution in [0.2, 0.25) is 0 Å². The molecule has 0 aliphatic carbocycles. The summed E-state index contributed by atoms with van der Waals surface area (Å²) in [6.45, 7) is 1.11. The number of anilines is 1. The van der Waals surface area contributed by atoms with Gasteiger partial charge in [-0.1, -0.05) is 0 Å². The molecule has 0 spiro atoms. The normalized spacial score (nSPS) is 19.4. The van der Waals surface area contributed by atoms with Gasteiger partial charge in [-0.3, -0.25) is 0 Å². The largest absolute Gasteiger partial charge is 0.479 e. The van der Waals surface area contributed by atoms with Crippen LogP contribution in [0.4, 0.5) is 10.2 Å². The Morgan fingerprint density at radius 1 is 1.40 bits per heavy atom. The Bertz CT molecular complexity index is 958. The molecule has 1 saturated heterocycles. The lowest BCUT2D eigenvalue weighted by Crippen LogP contribution is -2.43. The fraction of sp³-hybridized carbons (Fsp3) is 0.353. The number of hydrogen-bond donors (Lipinski definition) is 3. The minimum Gasteiger partial charge on any atom is -0.479 e. The van der Waals surface area contributed by atoms with Gasteiger partial charge < -0.3 is 20.1 Å². The van der Waals surface area contributed by atoms with Crippen LogP contribution in [0.3, 0.4) is 0 Å². The molecule has 0 bridgehead atoms. The van der Waals surface area contributed by atoms with Gasteiger partial charge in [-0.05, 0) is 31.0 Å². The molecular weight excluding hydrogens is 327 g/mol. The Kier molecular flexibility index (Phi) is 3.76. The number of carbonyl (C=O) groups is 1. The summed E-state index contributed by atoms with van der Waals surface area (Å²) in [7, 11) is 0. The van der Waals surface area contributed by atoms with Gasteiger partial charge in [-0.2, -0.15) is 0 Å². The fourth-order valence-corrected chi connectivity index (χ4v) is 3.59. The number of H-pyrrole nitrogens is 1. The van der Waals surface area contributed by atoms with E-state index in [4.69, 9.17) is 5.11 Å². The Balaban J connectivity index is 1.78. The molecule has 25 heavy (non-hydrogen) atoms. The van der Waals surface area contributed by atoms with Gasteiger partial charge in [0.1, 0.15) is 23.6 Å². The number of benzene rings is 1. The zero-order valence-corrected chi connectivity index (χ0v) is 13.3. The molecular formula is C17H17FN4O3. The van der Waals surface area contributed by atoms with Crippen molar-refractivity contribution in [2.45, 2.75) is 18.9 Å². The van der Waals surface area contributed by atoms with Crippen LogP contribution in [0.15, 0.2) is 24.5 Å². The number of piperidine rings is 1. The summed E-state index contributed by atoms with van der Waals surface area (Å²) >= 11 is 0. The molecule has 1 aliphatic heterocycles. The van der Waals surface area contributed by atoms with Gasteiger partial charge in [-0.15, -0.1) is 0 Å². The Labute approximate surface area is 142 Å². The summed E-state index contributed by atoms with van der Waals surface area (Å²) in [5, 5.41) is 20.5. The lowest BCUT2D eigenvalue weighted by atomic mass is 9.92. The molecule has 1 aromatic carbocycles. The van der Waals surface area contributed by atoms with Crippen LogP contribution >= 0.6 is 0 Å². The van der Waals surface area contributed by atoms with E-state index in [1.165, 1.54) is 18.5 Å². The third-order valence-electron chi connectivity index (χ3n) is 4.79. The topological polar surface area (TPSA) is 102 Å². The fourth-order valence-electron chi connectivity index (χ4n) is 3.59. The maximum atomic E-state index is 13.5. The van der Waals surface area contributed by atoms with E-state index >= 15 is 0 Å². The smallest absolute Gasteiger partial charge is 0.332 e. The number of aromatic amines is 1. The number of fused-ring (bicyclic) bond motifs is 3. The molecule has 7 nitrogen and oxygen atoms in total. The van der Waals surface area contributed by atoms with Crippen molar-refractivity contribution in [3.8, 4) is 0 Å². The first-order valence-corrected chi connectivity index (χ1v) is 8.12. The molecule has 1 aliphatic rings. The first kappa shape index (κ1) is 15.8. The van der Waals surface area contributed by atoms with Crippen LogP contribution < -0.4 is 4.90 Å². The summed E-state index contributed by atoms with van der Waals surface area (Å²) in [4.78, 5) is 24.8. The minimum absolute atomic E-state index is 0.337. The van der Waals surface area contributed by atoms with Crippen molar-refractivity contribution in [2.24, 2.45) is 5.92 Å². The van der Waals surface area contributed by atoms with E-state index in [-0.39, 0.29) is 11.7 Å². The van der Waals surface area contributed by atoms with E-state index in [2.05, 4.69) is 15.0 Å². The van der Waals surface area contributed by atoms with E-state index in [0.29, 0.717) is 36.5 Å². The van der Waals surface area contributed by atoms with E-state index < -0.39 is 12.1 Å². The van der Waals surface area contributed by atoms with Crippen LogP contribution in [0.1, 0.15) is 12.8 Å². The van der Waals surface area contributed by atoms with Gasteiger partial charge >= 0.3 is 5.97 Å². The quantitative estimate of drug-likeness (QED) is 0.671. The summed E-state index contributed by atoms with van der Waals surface area (Å²) in [5.41, 5.74) is 1.24. The average Bonchev–Trinajstić information content (AvgIpc) is 2.98. The minimum atomic E-state index is -1.39. The van der Waals surface area contributed by atoms with Crippen molar-refractivity contribution in [1.29, 1.82) is 0 Å². The summed E-state index contributed by atoms with van der Waals surface area (Å²) in [5.74, 6) is -1.23. The zero-order chi connectivity index (χ0) is 17.6. The highest BCUT2D eigenvalue weighted by molar-refractivity contribution is 6.11. The van der Waals surface area contributed by atoms with Gasteiger partial charge in [0.15, 0.2) is 6.10 Å². The number of rotatable bonds is 3. The second-order valence-electron chi connectivity index (χ2n) is 6.37. The molecule has 4 rings (SSSR count). The molecule has 2 aromatic heterocycles. The van der Waals surface area contributed by atoms with Crippen LogP contribution in [0, 0.1) is 11.7 Å². The molecule has 3 heterocycles. The predicted octanol–water partition coefficient (Wildman–Crippen LogP) is 1.91. The number of hydrogen-bond acceptors (Lipinski definition) is 5. The summed E-state index contributed by atoms with van der Waals surface area (Å²) in [6, 6.07) is 4.48. The Morgan fingerprint density at radius 2 is 2.24 bits per heavy atom. The lowest BCUT2D eigenvalue weighted by Gasteiger charge is -2.34. The number of carboxylic acid groups (broad SMARTS) is 1. The molecule has 0 amide bonds. The number of nitrogens with zero attached hydrogens (tertiary/aromatic N) is 3. The van der Waals surface area contributed by atoms with Crippen molar-refractivity contribution in [3.05, 3.63) is 30.3 Å². The highest BCUT2D eigenvalue weighted by Crippen LogP contribution is 2.33. The highest BCUT2D eigenvalue weighted by atomic mass is 19.1. The third kappa shape index (κ3) is 2.68. The third-order valence-corrected chi connectivity index (χ3v) is 4.79.